The van der Waals surface area contributed by atoms with Gasteiger partial charge in [-0.3, -0.25) is 9.59 Å². The Balaban J connectivity index is 1.91. The zero-order valence-corrected chi connectivity index (χ0v) is 23.1. The number of aryl methyl sites for hydroxylation is 1. The van der Waals surface area contributed by atoms with E-state index in [1.165, 1.54) is 17.0 Å². The van der Waals surface area contributed by atoms with Gasteiger partial charge in [0.2, 0.25) is 5.91 Å². The van der Waals surface area contributed by atoms with Crippen LogP contribution in [0.25, 0.3) is 0 Å². The van der Waals surface area contributed by atoms with Gasteiger partial charge in [-0.2, -0.15) is 0 Å². The molecule has 5 nitrogen and oxygen atoms in total. The van der Waals surface area contributed by atoms with E-state index in [0.717, 1.165) is 34.0 Å². The normalized spacial score (nSPS) is 12.5. The van der Waals surface area contributed by atoms with Crippen LogP contribution < -0.4 is 10.1 Å². The number of hydrogen-bond donors (Lipinski definition) is 1. The second-order valence-corrected chi connectivity index (χ2v) is 9.93. The van der Waals surface area contributed by atoms with Crippen molar-refractivity contribution in [3.05, 3.63) is 99.8 Å². The molecule has 0 aliphatic carbocycles. The zero-order chi connectivity index (χ0) is 26.8. The number of hydrogen-bond acceptors (Lipinski definition) is 3. The molecule has 3 aromatic carbocycles. The van der Waals surface area contributed by atoms with Crippen molar-refractivity contribution in [1.29, 1.82) is 0 Å². The van der Waals surface area contributed by atoms with Gasteiger partial charge in [-0.15, -0.1) is 0 Å². The minimum Gasteiger partial charge on any atom is -0.483 e. The number of nitrogens with one attached hydrogen (secondary N) is 1. The number of nitrogens with zero attached hydrogens (tertiary/aromatic N) is 1. The standard InChI is InChI=1S/C30H34BrFN2O3/c1-4-21(3)33-30(36)27(18-23-9-7-6-8-10-23)34(19-24-11-14-25(32)15-12-24)29(35)20-37-28-16-13-22(5-2)17-26(28)31/h6-17,21,27H,4-5,18-20H2,1-3H3,(H,33,36). The molecule has 37 heavy (non-hydrogen) atoms. The molecule has 0 aromatic heterocycles. The van der Waals surface area contributed by atoms with Gasteiger partial charge in [0.15, 0.2) is 6.61 Å². The molecule has 0 saturated heterocycles. The highest BCUT2D eigenvalue weighted by atomic mass is 79.9. The van der Waals surface area contributed by atoms with Crippen molar-refractivity contribution in [1.82, 2.24) is 10.2 Å². The molecule has 0 saturated carbocycles. The summed E-state index contributed by atoms with van der Waals surface area (Å²) in [4.78, 5) is 28.7. The van der Waals surface area contributed by atoms with Crippen LogP contribution in [-0.2, 0) is 29.0 Å². The summed E-state index contributed by atoms with van der Waals surface area (Å²) >= 11 is 3.52. The van der Waals surface area contributed by atoms with E-state index in [2.05, 4.69) is 28.2 Å². The SMILES string of the molecule is CCc1ccc(OCC(=O)N(Cc2ccc(F)cc2)C(Cc2ccccc2)C(=O)NC(C)CC)c(Br)c1. The molecule has 0 bridgehead atoms. The Morgan fingerprint density at radius 2 is 1.65 bits per heavy atom. The van der Waals surface area contributed by atoms with Gasteiger partial charge in [0, 0.05) is 19.0 Å². The molecule has 0 spiro atoms. The largest absolute Gasteiger partial charge is 0.483 e. The minimum atomic E-state index is -0.775. The van der Waals surface area contributed by atoms with Crippen molar-refractivity contribution >= 4 is 27.7 Å². The monoisotopic (exact) mass is 568 g/mol. The van der Waals surface area contributed by atoms with E-state index >= 15 is 0 Å². The fraction of sp³-hybridized carbons (Fsp3) is 0.333. The topological polar surface area (TPSA) is 58.6 Å². The first-order valence-electron chi connectivity index (χ1n) is 12.6. The van der Waals surface area contributed by atoms with E-state index in [9.17, 15) is 14.0 Å². The number of ether oxygens (including phenoxy) is 1. The van der Waals surface area contributed by atoms with E-state index in [1.807, 2.05) is 62.4 Å². The molecule has 0 radical (unpaired) electrons. The van der Waals surface area contributed by atoms with Gasteiger partial charge in [0.1, 0.15) is 17.6 Å². The summed E-state index contributed by atoms with van der Waals surface area (Å²) in [6, 6.07) is 20.5. The number of rotatable bonds is 12. The van der Waals surface area contributed by atoms with Crippen LogP contribution in [0.2, 0.25) is 0 Å². The lowest BCUT2D eigenvalue weighted by Crippen LogP contribution is -2.53. The highest BCUT2D eigenvalue weighted by Gasteiger charge is 2.31. The lowest BCUT2D eigenvalue weighted by Gasteiger charge is -2.32. The quantitative estimate of drug-likeness (QED) is 0.288. The first-order valence-corrected chi connectivity index (χ1v) is 13.4. The van der Waals surface area contributed by atoms with E-state index in [4.69, 9.17) is 4.74 Å². The van der Waals surface area contributed by atoms with Crippen LogP contribution in [-0.4, -0.2) is 35.4 Å². The minimum absolute atomic E-state index is 0.0437. The number of carbonyl (C=O) groups excluding carboxylic acids is 2. The second-order valence-electron chi connectivity index (χ2n) is 9.08. The highest BCUT2D eigenvalue weighted by Crippen LogP contribution is 2.26. The molecule has 3 aromatic rings. The summed E-state index contributed by atoms with van der Waals surface area (Å²) < 4.78 is 20.2. The Kier molecular flexibility index (Phi) is 10.7. The summed E-state index contributed by atoms with van der Waals surface area (Å²) in [5, 5.41) is 3.03. The summed E-state index contributed by atoms with van der Waals surface area (Å²) in [5.74, 6) is -0.380. The van der Waals surface area contributed by atoms with Gasteiger partial charge in [-0.25, -0.2) is 4.39 Å². The lowest BCUT2D eigenvalue weighted by molar-refractivity contribution is -0.143. The van der Waals surface area contributed by atoms with Crippen molar-refractivity contribution in [3.8, 4) is 5.75 Å². The van der Waals surface area contributed by atoms with Gasteiger partial charge in [-0.05, 0) is 76.7 Å². The third kappa shape index (κ3) is 8.42. The third-order valence-electron chi connectivity index (χ3n) is 6.29. The van der Waals surface area contributed by atoms with Crippen molar-refractivity contribution in [2.24, 2.45) is 0 Å². The van der Waals surface area contributed by atoms with Gasteiger partial charge in [0.25, 0.3) is 5.91 Å². The van der Waals surface area contributed by atoms with E-state index < -0.39 is 6.04 Å². The van der Waals surface area contributed by atoms with Crippen LogP contribution in [0.3, 0.4) is 0 Å². The summed E-state index contributed by atoms with van der Waals surface area (Å²) in [7, 11) is 0. The molecular weight excluding hydrogens is 535 g/mol. The molecule has 1 N–H and O–H groups in total. The van der Waals surface area contributed by atoms with Crippen LogP contribution in [0.15, 0.2) is 77.3 Å². The Bertz CT molecular complexity index is 1170. The molecule has 0 aliphatic heterocycles. The van der Waals surface area contributed by atoms with Crippen LogP contribution in [0.1, 0.15) is 43.9 Å². The van der Waals surface area contributed by atoms with E-state index in [-0.39, 0.29) is 36.8 Å². The van der Waals surface area contributed by atoms with E-state index in [1.54, 1.807) is 12.1 Å². The van der Waals surface area contributed by atoms with Gasteiger partial charge < -0.3 is 15.0 Å². The average molecular weight is 570 g/mol. The summed E-state index contributed by atoms with van der Waals surface area (Å²) in [6.45, 7) is 5.89. The first kappa shape index (κ1) is 28.4. The molecule has 7 heteroatoms. The third-order valence-corrected chi connectivity index (χ3v) is 6.91. The van der Waals surface area contributed by atoms with Crippen molar-refractivity contribution in [3.63, 3.8) is 0 Å². The van der Waals surface area contributed by atoms with Gasteiger partial charge >= 0.3 is 0 Å². The lowest BCUT2D eigenvalue weighted by atomic mass is 10.0. The number of halogens is 2. The van der Waals surface area contributed by atoms with Crippen LogP contribution in [0.4, 0.5) is 4.39 Å². The molecular formula is C30H34BrFN2O3. The maximum Gasteiger partial charge on any atom is 0.261 e. The fourth-order valence-electron chi connectivity index (χ4n) is 3.89. The van der Waals surface area contributed by atoms with Crippen LogP contribution in [0, 0.1) is 5.82 Å². The summed E-state index contributed by atoms with van der Waals surface area (Å²) in [5.41, 5.74) is 2.80. The van der Waals surface area contributed by atoms with Crippen LogP contribution >= 0.6 is 15.9 Å². The summed E-state index contributed by atoms with van der Waals surface area (Å²) in [6.07, 6.45) is 1.99. The Morgan fingerprint density at radius 1 is 0.973 bits per heavy atom. The van der Waals surface area contributed by atoms with Crippen molar-refractivity contribution < 1.29 is 18.7 Å². The molecule has 0 fully saturated rings. The molecule has 2 unspecified atom stereocenters. The van der Waals surface area contributed by atoms with E-state index in [0.29, 0.717) is 12.2 Å². The van der Waals surface area contributed by atoms with Gasteiger partial charge in [-0.1, -0.05) is 62.4 Å². The first-order chi connectivity index (χ1) is 17.8. The molecule has 2 amide bonds. The van der Waals surface area contributed by atoms with Crippen LogP contribution in [0.5, 0.6) is 5.75 Å². The predicted octanol–water partition coefficient (Wildman–Crippen LogP) is 6.08. The highest BCUT2D eigenvalue weighted by molar-refractivity contribution is 9.10. The Morgan fingerprint density at radius 3 is 2.27 bits per heavy atom. The zero-order valence-electron chi connectivity index (χ0n) is 21.5. The fourth-order valence-corrected chi connectivity index (χ4v) is 4.43. The maximum absolute atomic E-state index is 13.6. The smallest absolute Gasteiger partial charge is 0.261 e. The van der Waals surface area contributed by atoms with Crippen molar-refractivity contribution in [2.45, 2.75) is 58.7 Å². The average Bonchev–Trinajstić information content (AvgIpc) is 2.91. The second kappa shape index (κ2) is 13.9. The number of amides is 2. The van der Waals surface area contributed by atoms with Gasteiger partial charge in [0.05, 0.1) is 4.47 Å². The Labute approximate surface area is 227 Å². The molecule has 0 heterocycles. The van der Waals surface area contributed by atoms with Crippen molar-refractivity contribution in [2.75, 3.05) is 6.61 Å². The Hall–Kier alpha value is -3.19. The maximum atomic E-state index is 13.6. The molecule has 196 valence electrons. The number of benzene rings is 3. The molecule has 3 rings (SSSR count). The molecule has 2 atom stereocenters. The number of carbonyl (C=O) groups is 2. The molecule has 0 aliphatic rings. The predicted molar refractivity (Wildman–Crippen MR) is 148 cm³/mol.